The van der Waals surface area contributed by atoms with Crippen LogP contribution in [0.15, 0.2) is 218 Å². The number of hydrogen-bond acceptors (Lipinski definition) is 4. The average molecular weight is 837 g/mol. The molecule has 0 unspecified atom stereocenters. The summed E-state index contributed by atoms with van der Waals surface area (Å²) in [6.07, 6.45) is 0. The van der Waals surface area contributed by atoms with Crippen molar-refractivity contribution >= 4 is 64.6 Å². The molecule has 0 atom stereocenters. The quantitative estimate of drug-likeness (QED) is 0.157. The molecule has 4 nitrogen and oxygen atoms in total. The van der Waals surface area contributed by atoms with Gasteiger partial charge in [-0.05, 0) is 134 Å². The van der Waals surface area contributed by atoms with Crippen molar-refractivity contribution in [2.45, 2.75) is 0 Å². The number of aromatic nitrogens is 3. The van der Waals surface area contributed by atoms with Gasteiger partial charge in [0.15, 0.2) is 17.5 Å². The lowest BCUT2D eigenvalue weighted by atomic mass is 9.86. The molecule has 0 spiro atoms. The Labute approximate surface area is 380 Å². The molecule has 13 aromatic rings. The van der Waals surface area contributed by atoms with Gasteiger partial charge in [0.25, 0.3) is 0 Å². The first-order chi connectivity index (χ1) is 32.6. The van der Waals surface area contributed by atoms with Crippen LogP contribution in [0.4, 0.5) is 0 Å². The molecule has 0 radical (unpaired) electrons. The summed E-state index contributed by atoms with van der Waals surface area (Å²) in [6, 6.07) is 79.7. The number of hydrogen-bond donors (Lipinski definition) is 0. The molecule has 0 saturated carbocycles. The molecule has 0 aliphatic carbocycles. The molecule has 0 N–H and O–H groups in total. The van der Waals surface area contributed by atoms with E-state index in [4.69, 9.17) is 15.0 Å². The molecular formula is C62H36N4. The van der Waals surface area contributed by atoms with Crippen LogP contribution in [0.25, 0.3) is 132 Å². The van der Waals surface area contributed by atoms with Crippen LogP contribution in [-0.2, 0) is 0 Å². The Morgan fingerprint density at radius 1 is 0.258 bits per heavy atom. The van der Waals surface area contributed by atoms with E-state index in [0.717, 1.165) is 44.5 Å². The van der Waals surface area contributed by atoms with Gasteiger partial charge in [-0.2, -0.15) is 5.26 Å². The molecule has 0 fully saturated rings. The molecule has 1 aromatic heterocycles. The zero-order chi connectivity index (χ0) is 43.7. The highest BCUT2D eigenvalue weighted by Crippen LogP contribution is 2.45. The number of benzene rings is 11. The molecule has 12 aromatic carbocycles. The molecule has 1 heterocycles. The van der Waals surface area contributed by atoms with Gasteiger partial charge in [0.1, 0.15) is 0 Å². The van der Waals surface area contributed by atoms with Crippen LogP contribution >= 0.6 is 0 Å². The number of fused-ring (bicyclic) bond motifs is 2. The van der Waals surface area contributed by atoms with Crippen LogP contribution in [0.2, 0.25) is 0 Å². The van der Waals surface area contributed by atoms with Crippen molar-refractivity contribution < 1.29 is 0 Å². The van der Waals surface area contributed by atoms with Crippen LogP contribution in [0.5, 0.6) is 0 Å². The summed E-state index contributed by atoms with van der Waals surface area (Å²) in [5, 5.41) is 24.6. The highest BCUT2D eigenvalue weighted by Gasteiger charge is 2.18. The predicted molar refractivity (Wildman–Crippen MR) is 273 cm³/mol. The Bertz CT molecular complexity index is 4090. The molecule has 0 aliphatic rings. The van der Waals surface area contributed by atoms with E-state index in [-0.39, 0.29) is 0 Å². The summed E-state index contributed by atoms with van der Waals surface area (Å²) in [6.45, 7) is 0. The van der Waals surface area contributed by atoms with Crippen LogP contribution < -0.4 is 0 Å². The van der Waals surface area contributed by atoms with Crippen molar-refractivity contribution in [2.24, 2.45) is 0 Å². The van der Waals surface area contributed by atoms with Gasteiger partial charge in [0, 0.05) is 16.7 Å². The van der Waals surface area contributed by atoms with E-state index >= 15 is 0 Å². The summed E-state index contributed by atoms with van der Waals surface area (Å²) < 4.78 is 0. The lowest BCUT2D eigenvalue weighted by Crippen LogP contribution is -2.00. The monoisotopic (exact) mass is 836 g/mol. The van der Waals surface area contributed by atoms with Gasteiger partial charge < -0.3 is 0 Å². The van der Waals surface area contributed by atoms with E-state index in [2.05, 4.69) is 158 Å². The summed E-state index contributed by atoms with van der Waals surface area (Å²) >= 11 is 0. The van der Waals surface area contributed by atoms with E-state index in [1.165, 1.54) is 70.2 Å². The van der Waals surface area contributed by atoms with E-state index in [9.17, 15) is 5.26 Å². The van der Waals surface area contributed by atoms with Crippen molar-refractivity contribution in [3.8, 4) is 73.6 Å². The Morgan fingerprint density at radius 2 is 0.652 bits per heavy atom. The van der Waals surface area contributed by atoms with Crippen molar-refractivity contribution in [3.05, 3.63) is 224 Å². The number of nitriles is 1. The third-order valence-corrected chi connectivity index (χ3v) is 13.2. The summed E-state index contributed by atoms with van der Waals surface area (Å²) in [7, 11) is 0. The Morgan fingerprint density at radius 3 is 1.21 bits per heavy atom. The number of rotatable bonds is 6. The van der Waals surface area contributed by atoms with Gasteiger partial charge >= 0.3 is 0 Å². The fourth-order valence-electron chi connectivity index (χ4n) is 10.1. The third-order valence-electron chi connectivity index (χ3n) is 13.2. The fraction of sp³-hybridized carbons (Fsp3) is 0. The first-order valence-corrected chi connectivity index (χ1v) is 22.2. The van der Waals surface area contributed by atoms with Crippen LogP contribution in [-0.4, -0.2) is 15.0 Å². The largest absolute Gasteiger partial charge is 0.208 e. The van der Waals surface area contributed by atoms with Gasteiger partial charge in [-0.15, -0.1) is 0 Å². The maximum Gasteiger partial charge on any atom is 0.164 e. The predicted octanol–water partition coefficient (Wildman–Crippen LogP) is 16.1. The van der Waals surface area contributed by atoms with E-state index < -0.39 is 0 Å². The molecule has 0 aliphatic heterocycles. The Balaban J connectivity index is 0.917. The van der Waals surface area contributed by atoms with Crippen molar-refractivity contribution in [1.82, 2.24) is 15.0 Å². The van der Waals surface area contributed by atoms with Crippen LogP contribution in [0, 0.1) is 11.3 Å². The first-order valence-electron chi connectivity index (χ1n) is 22.2. The van der Waals surface area contributed by atoms with Crippen LogP contribution in [0.1, 0.15) is 5.56 Å². The van der Waals surface area contributed by atoms with E-state index in [1.807, 2.05) is 66.7 Å². The van der Waals surface area contributed by atoms with Gasteiger partial charge in [-0.3, -0.25) is 0 Å². The third kappa shape index (κ3) is 6.18. The van der Waals surface area contributed by atoms with Crippen molar-refractivity contribution in [2.75, 3.05) is 0 Å². The zero-order valence-electron chi connectivity index (χ0n) is 35.6. The van der Waals surface area contributed by atoms with E-state index in [0.29, 0.717) is 23.0 Å². The van der Waals surface area contributed by atoms with E-state index in [1.54, 1.807) is 0 Å². The SMILES string of the molecule is N#Cc1ccc(-c2cccc(-c3nc(-c4ccccc4)nc(-c4ccc(-c5cccc(-c6cc7ccc8cccc9c%10cccc%11ccc%12cccc(c(c6)c7c89)c%12c%11%10)c5)cc4)n3)c2)cc1. The summed E-state index contributed by atoms with van der Waals surface area (Å²) in [5.41, 5.74) is 9.94. The topological polar surface area (TPSA) is 62.5 Å². The molecule has 0 saturated heterocycles. The standard InChI is InChI=1S/C62H36N4/c63-37-38-21-23-39(24-22-38)47-15-5-17-50(34-47)62-65-60(44-9-2-1-3-10-44)64-61(66-62)45-30-25-40(26-31-45)46-14-4-16-48(33-46)51-35-49-32-29-43-12-7-19-53-52-18-6-11-41-27-28-42-13-8-20-54(58(42)56(41)52)55(36-51)59(49)57(43)53/h1-36H. The molecule has 304 valence electrons. The summed E-state index contributed by atoms with van der Waals surface area (Å²) in [5.74, 6) is 1.80. The van der Waals surface area contributed by atoms with Gasteiger partial charge in [0.2, 0.25) is 0 Å². The number of nitrogens with zero attached hydrogens (tertiary/aromatic N) is 4. The average Bonchev–Trinajstić information content (AvgIpc) is 3.39. The smallest absolute Gasteiger partial charge is 0.164 e. The highest BCUT2D eigenvalue weighted by atomic mass is 15.0. The van der Waals surface area contributed by atoms with Crippen LogP contribution in [0.3, 0.4) is 0 Å². The van der Waals surface area contributed by atoms with Gasteiger partial charge in [-0.1, -0.05) is 182 Å². The van der Waals surface area contributed by atoms with Gasteiger partial charge in [0.05, 0.1) is 11.6 Å². The molecule has 13 rings (SSSR count). The van der Waals surface area contributed by atoms with Gasteiger partial charge in [-0.25, -0.2) is 15.0 Å². The van der Waals surface area contributed by atoms with Crippen molar-refractivity contribution in [1.29, 1.82) is 5.26 Å². The second-order valence-electron chi connectivity index (χ2n) is 17.1. The highest BCUT2D eigenvalue weighted by molar-refractivity contribution is 6.37. The zero-order valence-corrected chi connectivity index (χ0v) is 35.6. The second-order valence-corrected chi connectivity index (χ2v) is 17.1. The normalized spacial score (nSPS) is 11.6. The lowest BCUT2D eigenvalue weighted by molar-refractivity contribution is 1.07. The van der Waals surface area contributed by atoms with Crippen molar-refractivity contribution in [3.63, 3.8) is 0 Å². The first kappa shape index (κ1) is 37.5. The minimum atomic E-state index is 0.591. The molecule has 0 bridgehead atoms. The Hall–Kier alpha value is -9.04. The Kier molecular flexibility index (Phi) is 8.56. The maximum atomic E-state index is 9.33. The maximum absolute atomic E-state index is 9.33. The molecule has 0 amide bonds. The fourth-order valence-corrected chi connectivity index (χ4v) is 10.1. The summed E-state index contributed by atoms with van der Waals surface area (Å²) in [4.78, 5) is 15.1. The lowest BCUT2D eigenvalue weighted by Gasteiger charge is -2.17. The second kappa shape index (κ2) is 15.1. The molecular weight excluding hydrogens is 801 g/mol. The minimum absolute atomic E-state index is 0.591. The minimum Gasteiger partial charge on any atom is -0.208 e. The molecule has 66 heavy (non-hydrogen) atoms. The molecule has 4 heteroatoms.